The van der Waals surface area contributed by atoms with Gasteiger partial charge in [-0.05, 0) is 42.7 Å². The highest BCUT2D eigenvalue weighted by atomic mass is 16.5. The molecule has 4 heteroatoms. The average Bonchev–Trinajstić information content (AvgIpc) is 2.48. The number of aryl methyl sites for hydroxylation is 1. The Morgan fingerprint density at radius 1 is 0.957 bits per heavy atom. The molecule has 2 aromatic rings. The number of carboxylic acid groups (broad SMARTS) is 1. The van der Waals surface area contributed by atoms with Crippen molar-refractivity contribution in [2.75, 3.05) is 0 Å². The third kappa shape index (κ3) is 3.97. The molecule has 0 spiro atoms. The van der Waals surface area contributed by atoms with Gasteiger partial charge in [0.2, 0.25) is 0 Å². The number of carbonyl (C=O) groups is 2. The molecular weight excluding hydrogens is 292 g/mol. The van der Waals surface area contributed by atoms with E-state index in [9.17, 15) is 9.59 Å². The standard InChI is InChI=1S/C19H20O4/c1-12-5-10-16(15(11-12)19(2,3)4)23-18(22)14-8-6-13(7-9-14)17(20)21/h5-11H,1-4H3,(H,20,21). The van der Waals surface area contributed by atoms with Crippen LogP contribution in [0.3, 0.4) is 0 Å². The molecule has 0 aliphatic carbocycles. The Morgan fingerprint density at radius 3 is 2.04 bits per heavy atom. The predicted molar refractivity (Wildman–Crippen MR) is 88.2 cm³/mol. The molecule has 0 heterocycles. The molecule has 0 amide bonds. The Kier molecular flexibility index (Phi) is 4.55. The highest BCUT2D eigenvalue weighted by Crippen LogP contribution is 2.32. The Hall–Kier alpha value is -2.62. The third-order valence-electron chi connectivity index (χ3n) is 3.51. The molecule has 1 N–H and O–H groups in total. The van der Waals surface area contributed by atoms with Gasteiger partial charge in [-0.15, -0.1) is 0 Å². The number of ether oxygens (including phenoxy) is 1. The van der Waals surface area contributed by atoms with Crippen LogP contribution in [0.4, 0.5) is 0 Å². The van der Waals surface area contributed by atoms with Gasteiger partial charge in [0.1, 0.15) is 5.75 Å². The second-order valence-corrected chi connectivity index (χ2v) is 6.52. The first-order valence-electron chi connectivity index (χ1n) is 7.35. The molecule has 0 aliphatic rings. The maximum Gasteiger partial charge on any atom is 0.343 e. The number of rotatable bonds is 3. The molecule has 0 bridgehead atoms. The van der Waals surface area contributed by atoms with Gasteiger partial charge < -0.3 is 9.84 Å². The third-order valence-corrected chi connectivity index (χ3v) is 3.51. The van der Waals surface area contributed by atoms with Gasteiger partial charge in [0, 0.05) is 5.56 Å². The van der Waals surface area contributed by atoms with E-state index in [1.54, 1.807) is 6.07 Å². The number of benzene rings is 2. The van der Waals surface area contributed by atoms with Gasteiger partial charge >= 0.3 is 11.9 Å². The van der Waals surface area contributed by atoms with Gasteiger partial charge in [-0.2, -0.15) is 0 Å². The van der Waals surface area contributed by atoms with Gasteiger partial charge in [-0.1, -0.05) is 38.5 Å². The summed E-state index contributed by atoms with van der Waals surface area (Å²) in [5.74, 6) is -1.01. The number of aromatic carboxylic acids is 1. The van der Waals surface area contributed by atoms with Crippen molar-refractivity contribution in [1.29, 1.82) is 0 Å². The van der Waals surface area contributed by atoms with Crippen molar-refractivity contribution in [3.8, 4) is 5.75 Å². The van der Waals surface area contributed by atoms with E-state index in [-0.39, 0.29) is 11.0 Å². The van der Waals surface area contributed by atoms with E-state index in [1.165, 1.54) is 24.3 Å². The maximum absolute atomic E-state index is 12.3. The lowest BCUT2D eigenvalue weighted by Crippen LogP contribution is -2.16. The fraction of sp³-hybridized carbons (Fsp3) is 0.263. The van der Waals surface area contributed by atoms with E-state index in [0.29, 0.717) is 11.3 Å². The molecule has 0 fully saturated rings. The van der Waals surface area contributed by atoms with Gasteiger partial charge in [-0.3, -0.25) is 0 Å². The number of hydrogen-bond acceptors (Lipinski definition) is 3. The van der Waals surface area contributed by atoms with E-state index in [0.717, 1.165) is 11.1 Å². The minimum absolute atomic E-state index is 0.132. The zero-order chi connectivity index (χ0) is 17.2. The monoisotopic (exact) mass is 312 g/mol. The molecule has 2 aromatic carbocycles. The number of carboxylic acids is 1. The van der Waals surface area contributed by atoms with E-state index in [4.69, 9.17) is 9.84 Å². The average molecular weight is 312 g/mol. The van der Waals surface area contributed by atoms with Crippen LogP contribution >= 0.6 is 0 Å². The van der Waals surface area contributed by atoms with Crippen LogP contribution in [0, 0.1) is 6.92 Å². The molecule has 0 saturated heterocycles. The van der Waals surface area contributed by atoms with Crippen LogP contribution in [-0.4, -0.2) is 17.0 Å². The number of hydrogen-bond donors (Lipinski definition) is 1. The van der Waals surface area contributed by atoms with Gasteiger partial charge in [0.25, 0.3) is 0 Å². The van der Waals surface area contributed by atoms with Crippen LogP contribution in [0.1, 0.15) is 52.6 Å². The molecular formula is C19H20O4. The van der Waals surface area contributed by atoms with Gasteiger partial charge in [0.05, 0.1) is 11.1 Å². The van der Waals surface area contributed by atoms with Crippen molar-refractivity contribution < 1.29 is 19.4 Å². The van der Waals surface area contributed by atoms with Crippen molar-refractivity contribution in [2.45, 2.75) is 33.1 Å². The number of esters is 1. The highest BCUT2D eigenvalue weighted by molar-refractivity contribution is 5.93. The lowest BCUT2D eigenvalue weighted by atomic mass is 9.85. The summed E-state index contributed by atoms with van der Waals surface area (Å²) in [5.41, 5.74) is 2.34. The fourth-order valence-electron chi connectivity index (χ4n) is 2.23. The van der Waals surface area contributed by atoms with Crippen molar-refractivity contribution >= 4 is 11.9 Å². The molecule has 23 heavy (non-hydrogen) atoms. The minimum Gasteiger partial charge on any atom is -0.478 e. The molecule has 0 aromatic heterocycles. The Labute approximate surface area is 135 Å². The highest BCUT2D eigenvalue weighted by Gasteiger charge is 2.21. The summed E-state index contributed by atoms with van der Waals surface area (Å²) in [6.45, 7) is 8.16. The van der Waals surface area contributed by atoms with Crippen LogP contribution in [0.5, 0.6) is 5.75 Å². The van der Waals surface area contributed by atoms with Crippen molar-refractivity contribution in [1.82, 2.24) is 0 Å². The van der Waals surface area contributed by atoms with E-state index in [1.807, 2.05) is 19.1 Å². The van der Waals surface area contributed by atoms with Gasteiger partial charge in [0.15, 0.2) is 0 Å². The molecule has 4 nitrogen and oxygen atoms in total. The zero-order valence-electron chi connectivity index (χ0n) is 13.7. The Balaban J connectivity index is 2.28. The molecule has 0 atom stereocenters. The summed E-state index contributed by atoms with van der Waals surface area (Å²) in [4.78, 5) is 23.1. The first-order valence-corrected chi connectivity index (χ1v) is 7.35. The van der Waals surface area contributed by atoms with E-state index in [2.05, 4.69) is 20.8 Å². The van der Waals surface area contributed by atoms with Crippen LogP contribution in [0.2, 0.25) is 0 Å². The molecule has 120 valence electrons. The first-order chi connectivity index (χ1) is 10.7. The van der Waals surface area contributed by atoms with Crippen LogP contribution < -0.4 is 4.74 Å². The largest absolute Gasteiger partial charge is 0.478 e. The van der Waals surface area contributed by atoms with Gasteiger partial charge in [-0.25, -0.2) is 9.59 Å². The van der Waals surface area contributed by atoms with E-state index < -0.39 is 11.9 Å². The summed E-state index contributed by atoms with van der Waals surface area (Å²) in [5, 5.41) is 8.89. The Bertz CT molecular complexity index is 737. The molecule has 0 radical (unpaired) electrons. The summed E-state index contributed by atoms with van der Waals surface area (Å²) in [7, 11) is 0. The molecule has 0 unspecified atom stereocenters. The summed E-state index contributed by atoms with van der Waals surface area (Å²) < 4.78 is 5.53. The van der Waals surface area contributed by atoms with Crippen LogP contribution in [-0.2, 0) is 5.41 Å². The van der Waals surface area contributed by atoms with Crippen molar-refractivity contribution in [3.05, 3.63) is 64.7 Å². The predicted octanol–water partition coefficient (Wildman–Crippen LogP) is 4.21. The Morgan fingerprint density at radius 2 is 1.52 bits per heavy atom. The SMILES string of the molecule is Cc1ccc(OC(=O)c2ccc(C(=O)O)cc2)c(C(C)(C)C)c1. The lowest BCUT2D eigenvalue weighted by Gasteiger charge is -2.22. The topological polar surface area (TPSA) is 63.6 Å². The van der Waals surface area contributed by atoms with E-state index >= 15 is 0 Å². The molecule has 2 rings (SSSR count). The summed E-state index contributed by atoms with van der Waals surface area (Å²) >= 11 is 0. The second-order valence-electron chi connectivity index (χ2n) is 6.52. The summed E-state index contributed by atoms with van der Waals surface area (Å²) in [6, 6.07) is 11.4. The van der Waals surface area contributed by atoms with Crippen LogP contribution in [0.25, 0.3) is 0 Å². The fourth-order valence-corrected chi connectivity index (χ4v) is 2.23. The quantitative estimate of drug-likeness (QED) is 0.681. The van der Waals surface area contributed by atoms with Crippen molar-refractivity contribution in [2.24, 2.45) is 0 Å². The van der Waals surface area contributed by atoms with Crippen LogP contribution in [0.15, 0.2) is 42.5 Å². The summed E-state index contributed by atoms with van der Waals surface area (Å²) in [6.07, 6.45) is 0. The second kappa shape index (κ2) is 6.24. The number of carbonyl (C=O) groups excluding carboxylic acids is 1. The molecule has 0 saturated carbocycles. The van der Waals surface area contributed by atoms with Crippen molar-refractivity contribution in [3.63, 3.8) is 0 Å². The first kappa shape index (κ1) is 16.7. The smallest absolute Gasteiger partial charge is 0.343 e. The zero-order valence-corrected chi connectivity index (χ0v) is 13.7. The maximum atomic E-state index is 12.3. The minimum atomic E-state index is -1.03. The normalized spacial score (nSPS) is 11.1. The molecule has 0 aliphatic heterocycles. The lowest BCUT2D eigenvalue weighted by molar-refractivity contribution is 0.0691.